The van der Waals surface area contributed by atoms with Gasteiger partial charge in [0.1, 0.15) is 11.5 Å². The van der Waals surface area contributed by atoms with Crippen molar-refractivity contribution in [2.24, 2.45) is 0 Å². The van der Waals surface area contributed by atoms with E-state index in [1.165, 1.54) is 76.5 Å². The lowest BCUT2D eigenvalue weighted by molar-refractivity contribution is -0.385. The lowest BCUT2D eigenvalue weighted by Crippen LogP contribution is -2.30. The van der Waals surface area contributed by atoms with E-state index in [1.54, 1.807) is 30.1 Å². The SMILES string of the molecule is CN1Cc2ccccc2C(c2ccccc2Cl)c2ccccc21.COc1ccc(C(=O)N2Cc3ccccc3C(c3ccccc3Cl)c3ccccc32)cc1.COc1ccc2c(c1)CN(C(=O)c1ccc([N+](=O)[O-])cc1)c1ccc(Cl)cc1C2c1ccccc1Cl.O=C(c1ccc([N+](=O)[O-])cc1)N1Cc2ccccc2C(c2ccccc2Cl)c2ccccc21. The number of amides is 3. The number of anilines is 4. The highest BCUT2D eigenvalue weighted by atomic mass is 35.5. The maximum atomic E-state index is 13.8. The average Bonchev–Trinajstić information content (AvgIpc) is 1.57. The largest absolute Gasteiger partial charge is 0.497 e. The number of carbonyl (C=O) groups is 3. The maximum absolute atomic E-state index is 13.8. The fourth-order valence-electron chi connectivity index (χ4n) is 17.2. The molecule has 20 heteroatoms. The average molecular weight is 1730 g/mol. The summed E-state index contributed by atoms with van der Waals surface area (Å²) in [6, 6.07) is 111. The Morgan fingerprint density at radius 2 is 0.573 bits per heavy atom. The molecule has 0 aliphatic carbocycles. The van der Waals surface area contributed by atoms with Crippen LogP contribution in [0.2, 0.25) is 25.1 Å². The molecule has 15 nitrogen and oxygen atoms in total. The molecule has 614 valence electrons. The lowest BCUT2D eigenvalue weighted by Gasteiger charge is -2.25. The summed E-state index contributed by atoms with van der Waals surface area (Å²) in [7, 11) is 5.37. The minimum absolute atomic E-state index is 0.0466. The second-order valence-electron chi connectivity index (χ2n) is 30.2. The van der Waals surface area contributed by atoms with Crippen molar-refractivity contribution in [2.75, 3.05) is 40.9 Å². The molecule has 0 fully saturated rings. The van der Waals surface area contributed by atoms with Crippen molar-refractivity contribution in [3.8, 4) is 11.5 Å². The van der Waals surface area contributed by atoms with Crippen molar-refractivity contribution >= 4 is 110 Å². The minimum Gasteiger partial charge on any atom is -0.497 e. The fourth-order valence-corrected chi connectivity index (χ4v) is 18.4. The smallest absolute Gasteiger partial charge is 0.269 e. The number of nitro groups is 2. The molecule has 3 amide bonds. The number of nitrogens with zero attached hydrogens (tertiary/aromatic N) is 6. The lowest BCUT2D eigenvalue weighted by atomic mass is 9.83. The first-order chi connectivity index (χ1) is 60.3. The Bertz CT molecular complexity index is 6550. The number of hydrogen-bond acceptors (Lipinski definition) is 10. The van der Waals surface area contributed by atoms with Crippen LogP contribution in [0.1, 0.15) is 144 Å². The zero-order valence-corrected chi connectivity index (χ0v) is 71.2. The Morgan fingerprint density at radius 3 is 0.944 bits per heavy atom. The summed E-state index contributed by atoms with van der Waals surface area (Å²) < 4.78 is 10.7. The van der Waals surface area contributed by atoms with Gasteiger partial charge < -0.3 is 29.1 Å². The number of halogens is 5. The number of hydrogen-bond donors (Lipinski definition) is 0. The number of para-hydroxylation sites is 3. The van der Waals surface area contributed by atoms with Crippen LogP contribution in [-0.2, 0) is 26.2 Å². The van der Waals surface area contributed by atoms with Crippen molar-refractivity contribution in [3.05, 3.63) is 503 Å². The van der Waals surface area contributed by atoms with Crippen LogP contribution in [0, 0.1) is 20.2 Å². The highest BCUT2D eigenvalue weighted by molar-refractivity contribution is 6.33. The van der Waals surface area contributed by atoms with Crippen LogP contribution in [-0.4, -0.2) is 48.8 Å². The predicted octanol–water partition coefficient (Wildman–Crippen LogP) is 26.0. The van der Waals surface area contributed by atoms with Gasteiger partial charge in [0.2, 0.25) is 0 Å². The third-order valence-electron chi connectivity index (χ3n) is 23.1. The standard InChI is InChI=1S/C28H20Cl2N2O4.C28H22ClNO2.C27H19ClN2O3.C21H18ClN/c1-36-21-11-12-22-18(14-21)16-31(28(33)17-6-9-20(10-7-17)32(34)35)26-13-8-19(29)15-24(26)27(22)23-4-2-3-5-25(23)30;1-32-21-16-14-19(15-17-21)28(31)30-18-20-8-2-3-9-22(20)27(23-10-4-6-12-25(23)29)24-11-5-7-13-26(24)30;28-24-11-5-3-9-22(24)26-21-8-2-1-7-19(21)17-29(25-12-6-4-10-23(25)26)27(31)18-13-15-20(16-14-18)30(32)33;1-23-14-15-8-2-3-9-16(15)21(17-10-4-6-12-19(17)22)18-11-5-7-13-20(18)23/h2-15,27H,16H2,1H3;2-17,27H,18H2,1H3;1-16,26H,17H2;2-13,21H,14H2,1H3. The van der Waals surface area contributed by atoms with E-state index in [-0.39, 0.29) is 59.3 Å². The Morgan fingerprint density at radius 1 is 0.290 bits per heavy atom. The molecule has 4 unspecified atom stereocenters. The Balaban J connectivity index is 0.000000123. The van der Waals surface area contributed by atoms with Gasteiger partial charge in [0.05, 0.1) is 43.7 Å². The van der Waals surface area contributed by atoms with E-state index >= 15 is 0 Å². The van der Waals surface area contributed by atoms with Gasteiger partial charge in [0.15, 0.2) is 0 Å². The van der Waals surface area contributed by atoms with Crippen LogP contribution in [0.4, 0.5) is 34.1 Å². The van der Waals surface area contributed by atoms with Crippen LogP contribution in [0.3, 0.4) is 0 Å². The van der Waals surface area contributed by atoms with E-state index < -0.39 is 9.85 Å². The van der Waals surface area contributed by atoms with E-state index in [1.807, 2.05) is 211 Å². The van der Waals surface area contributed by atoms with Gasteiger partial charge in [-0.2, -0.15) is 0 Å². The monoisotopic (exact) mass is 1730 g/mol. The first kappa shape index (κ1) is 84.0. The van der Waals surface area contributed by atoms with E-state index in [0.29, 0.717) is 56.3 Å². The van der Waals surface area contributed by atoms with E-state index in [9.17, 15) is 34.6 Å². The number of ether oxygens (including phenoxy) is 2. The topological polar surface area (TPSA) is 169 Å². The molecule has 0 spiro atoms. The third kappa shape index (κ3) is 17.3. The van der Waals surface area contributed by atoms with Crippen LogP contribution in [0.25, 0.3) is 0 Å². The first-order valence-corrected chi connectivity index (χ1v) is 42.0. The van der Waals surface area contributed by atoms with E-state index in [0.717, 1.165) is 100 Å². The summed E-state index contributed by atoms with van der Waals surface area (Å²) >= 11 is 33.0. The molecule has 0 bridgehead atoms. The normalized spacial score (nSPS) is 15.0. The molecule has 124 heavy (non-hydrogen) atoms. The summed E-state index contributed by atoms with van der Waals surface area (Å²) in [6.07, 6.45) is 0. The van der Waals surface area contributed by atoms with Gasteiger partial charge in [-0.15, -0.1) is 0 Å². The van der Waals surface area contributed by atoms with Gasteiger partial charge in [-0.1, -0.05) is 264 Å². The molecule has 4 aliphatic heterocycles. The molecule has 0 saturated heterocycles. The number of methoxy groups -OCH3 is 2. The number of non-ortho nitro benzene ring substituents is 2. The Labute approximate surface area is 743 Å². The summed E-state index contributed by atoms with van der Waals surface area (Å²) in [6.45, 7) is 2.04. The van der Waals surface area contributed by atoms with Crippen molar-refractivity contribution < 1.29 is 33.7 Å². The maximum Gasteiger partial charge on any atom is 0.269 e. The zero-order chi connectivity index (χ0) is 86.2. The summed E-state index contributed by atoms with van der Waals surface area (Å²) in [5, 5.41) is 25.5. The van der Waals surface area contributed by atoms with Crippen molar-refractivity contribution in [1.29, 1.82) is 0 Å². The second-order valence-corrected chi connectivity index (χ2v) is 32.3. The van der Waals surface area contributed by atoms with E-state index in [4.69, 9.17) is 67.5 Å². The van der Waals surface area contributed by atoms with Crippen LogP contribution < -0.4 is 29.1 Å². The van der Waals surface area contributed by atoms with Gasteiger partial charge in [-0.25, -0.2) is 0 Å². The molecule has 19 rings (SSSR count). The highest BCUT2D eigenvalue weighted by Crippen LogP contribution is 2.51. The van der Waals surface area contributed by atoms with Crippen molar-refractivity contribution in [1.82, 2.24) is 0 Å². The fraction of sp³-hybridized carbons (Fsp3) is 0.106. The van der Waals surface area contributed by atoms with Crippen LogP contribution in [0.15, 0.2) is 352 Å². The minimum atomic E-state index is -0.492. The zero-order valence-electron chi connectivity index (χ0n) is 67.4. The highest BCUT2D eigenvalue weighted by Gasteiger charge is 2.38. The van der Waals surface area contributed by atoms with Gasteiger partial charge in [0, 0.05) is 126 Å². The molecule has 15 aromatic carbocycles. The third-order valence-corrected chi connectivity index (χ3v) is 24.7. The summed E-state index contributed by atoms with van der Waals surface area (Å²) in [5.41, 5.74) is 22.1. The van der Waals surface area contributed by atoms with E-state index in [2.05, 4.69) is 103 Å². The second kappa shape index (κ2) is 37.4. The molecule has 15 aromatic rings. The first-order valence-electron chi connectivity index (χ1n) is 40.1. The molecular weight excluding hydrogens is 1650 g/mol. The molecule has 0 aromatic heterocycles. The molecule has 4 atom stereocenters. The Kier molecular flexibility index (Phi) is 25.3. The molecule has 4 aliphatic rings. The molecule has 4 heterocycles. The Hall–Kier alpha value is -13.6. The molecule has 0 saturated carbocycles. The quantitative estimate of drug-likeness (QED) is 0.0897. The van der Waals surface area contributed by atoms with Gasteiger partial charge in [-0.05, 0) is 210 Å². The van der Waals surface area contributed by atoms with Crippen molar-refractivity contribution in [3.63, 3.8) is 0 Å². The number of rotatable bonds is 11. The van der Waals surface area contributed by atoms with Crippen molar-refractivity contribution in [2.45, 2.75) is 49.9 Å². The predicted molar refractivity (Wildman–Crippen MR) is 496 cm³/mol. The van der Waals surface area contributed by atoms with Gasteiger partial charge in [0.25, 0.3) is 29.1 Å². The summed E-state index contributed by atoms with van der Waals surface area (Å²) in [5.74, 6) is 0.513. The van der Waals surface area contributed by atoms with Gasteiger partial charge >= 0.3 is 0 Å². The number of benzene rings is 15. The summed E-state index contributed by atoms with van der Waals surface area (Å²) in [4.78, 5) is 69.9. The van der Waals surface area contributed by atoms with Crippen LogP contribution in [0.5, 0.6) is 11.5 Å². The molecular formula is C104H79Cl5N6O9. The van der Waals surface area contributed by atoms with Crippen LogP contribution >= 0.6 is 58.0 Å². The number of nitro benzene ring substituents is 2. The van der Waals surface area contributed by atoms with Gasteiger partial charge in [-0.3, -0.25) is 34.6 Å². The molecule has 0 N–H and O–H groups in total. The number of carbonyl (C=O) groups excluding carboxylic acids is 3. The molecule has 0 radical (unpaired) electrons. The number of fused-ring (bicyclic) bond motifs is 8.